The van der Waals surface area contributed by atoms with Crippen molar-refractivity contribution in [1.82, 2.24) is 20.3 Å². The molecular formula is C14H17N5O2S. The average Bonchev–Trinajstić information content (AvgIpc) is 2.45. The third-order valence-corrected chi connectivity index (χ3v) is 3.87. The summed E-state index contributed by atoms with van der Waals surface area (Å²) in [6.07, 6.45) is 1.60. The Morgan fingerprint density at radius 1 is 1.55 bits per heavy atom. The summed E-state index contributed by atoms with van der Waals surface area (Å²) in [6, 6.07) is 4.97. The lowest BCUT2D eigenvalue weighted by molar-refractivity contribution is -0.120. The third kappa shape index (κ3) is 4.32. The van der Waals surface area contributed by atoms with Crippen LogP contribution in [0.3, 0.4) is 0 Å². The van der Waals surface area contributed by atoms with E-state index < -0.39 is 5.25 Å². The number of aromatic nitrogens is 3. The van der Waals surface area contributed by atoms with E-state index in [4.69, 9.17) is 5.73 Å². The number of amides is 1. The molecule has 2 aromatic heterocycles. The topological polar surface area (TPSA) is 114 Å². The van der Waals surface area contributed by atoms with Gasteiger partial charge < -0.3 is 16.0 Å². The number of nitrogen functional groups attached to an aromatic ring is 1. The zero-order chi connectivity index (χ0) is 16.1. The molecule has 2 heterocycles. The van der Waals surface area contributed by atoms with Crippen LogP contribution in [0.1, 0.15) is 18.2 Å². The lowest BCUT2D eigenvalue weighted by atomic mass is 10.2. The summed E-state index contributed by atoms with van der Waals surface area (Å²) in [5.74, 6) is 0.227. The molecule has 0 fully saturated rings. The molecule has 7 nitrogen and oxygen atoms in total. The first-order valence-corrected chi connectivity index (χ1v) is 7.55. The fourth-order valence-corrected chi connectivity index (χ4v) is 2.64. The van der Waals surface area contributed by atoms with Gasteiger partial charge in [0.15, 0.2) is 5.16 Å². The molecule has 22 heavy (non-hydrogen) atoms. The van der Waals surface area contributed by atoms with Crippen molar-refractivity contribution < 1.29 is 4.79 Å². The molecular weight excluding hydrogens is 302 g/mol. The van der Waals surface area contributed by atoms with Crippen molar-refractivity contribution in [2.45, 2.75) is 30.8 Å². The third-order valence-electron chi connectivity index (χ3n) is 2.88. The number of carbonyl (C=O) groups excluding carboxylic acids is 1. The van der Waals surface area contributed by atoms with E-state index in [1.165, 1.54) is 17.8 Å². The van der Waals surface area contributed by atoms with Crippen LogP contribution in [-0.4, -0.2) is 26.1 Å². The number of carbonyl (C=O) groups is 1. The number of H-pyrrole nitrogens is 1. The van der Waals surface area contributed by atoms with Gasteiger partial charge in [0, 0.05) is 30.1 Å². The van der Waals surface area contributed by atoms with Gasteiger partial charge in [-0.25, -0.2) is 9.97 Å². The number of anilines is 1. The highest BCUT2D eigenvalue weighted by molar-refractivity contribution is 8.00. The molecule has 0 saturated carbocycles. The molecule has 1 amide bonds. The second kappa shape index (κ2) is 7.08. The number of aromatic amines is 1. The smallest absolute Gasteiger partial charge is 0.251 e. The molecule has 1 unspecified atom stereocenters. The Hall–Kier alpha value is -2.35. The molecule has 1 atom stereocenters. The van der Waals surface area contributed by atoms with Crippen LogP contribution in [-0.2, 0) is 11.3 Å². The monoisotopic (exact) mass is 319 g/mol. The van der Waals surface area contributed by atoms with E-state index in [0.29, 0.717) is 23.2 Å². The lowest BCUT2D eigenvalue weighted by Gasteiger charge is -2.12. The van der Waals surface area contributed by atoms with E-state index in [-0.39, 0.29) is 11.5 Å². The highest BCUT2D eigenvalue weighted by Gasteiger charge is 2.16. The Balaban J connectivity index is 1.95. The summed E-state index contributed by atoms with van der Waals surface area (Å²) in [7, 11) is 0. The molecule has 0 aromatic carbocycles. The first kappa shape index (κ1) is 16.0. The Kier molecular flexibility index (Phi) is 5.16. The molecule has 2 aromatic rings. The van der Waals surface area contributed by atoms with Gasteiger partial charge in [0.2, 0.25) is 5.91 Å². The molecule has 0 aliphatic carbocycles. The van der Waals surface area contributed by atoms with E-state index in [1.54, 1.807) is 32.2 Å². The van der Waals surface area contributed by atoms with Crippen LogP contribution in [0.15, 0.2) is 34.3 Å². The number of aryl methyl sites for hydroxylation is 1. The number of nitrogens with zero attached hydrogens (tertiary/aromatic N) is 2. The van der Waals surface area contributed by atoms with E-state index in [2.05, 4.69) is 20.3 Å². The normalized spacial score (nSPS) is 11.9. The van der Waals surface area contributed by atoms with Gasteiger partial charge in [-0.3, -0.25) is 9.59 Å². The molecule has 0 saturated heterocycles. The SMILES string of the molecule is Cc1cc(=O)[nH]c(SC(C)C(=O)NCc2cccnc2N)n1. The molecule has 0 radical (unpaired) electrons. The van der Waals surface area contributed by atoms with Crippen molar-refractivity contribution in [3.8, 4) is 0 Å². The number of hydrogen-bond donors (Lipinski definition) is 3. The van der Waals surface area contributed by atoms with Crippen LogP contribution in [0.4, 0.5) is 5.82 Å². The van der Waals surface area contributed by atoms with Crippen LogP contribution in [0, 0.1) is 6.92 Å². The van der Waals surface area contributed by atoms with Crippen molar-refractivity contribution in [1.29, 1.82) is 0 Å². The number of nitrogens with two attached hydrogens (primary N) is 1. The van der Waals surface area contributed by atoms with Crippen molar-refractivity contribution in [2.75, 3.05) is 5.73 Å². The van der Waals surface area contributed by atoms with Crippen LogP contribution in [0.25, 0.3) is 0 Å². The maximum Gasteiger partial charge on any atom is 0.251 e. The fraction of sp³-hybridized carbons (Fsp3) is 0.286. The molecule has 0 aliphatic rings. The van der Waals surface area contributed by atoms with E-state index in [9.17, 15) is 9.59 Å². The maximum absolute atomic E-state index is 12.1. The van der Waals surface area contributed by atoms with Crippen molar-refractivity contribution in [3.63, 3.8) is 0 Å². The summed E-state index contributed by atoms with van der Waals surface area (Å²) in [5, 5.41) is 2.81. The van der Waals surface area contributed by atoms with Gasteiger partial charge in [-0.05, 0) is 19.9 Å². The van der Waals surface area contributed by atoms with Gasteiger partial charge >= 0.3 is 0 Å². The van der Waals surface area contributed by atoms with E-state index >= 15 is 0 Å². The summed E-state index contributed by atoms with van der Waals surface area (Å²) in [4.78, 5) is 34.2. The maximum atomic E-state index is 12.1. The van der Waals surface area contributed by atoms with Gasteiger partial charge in [-0.2, -0.15) is 0 Å². The van der Waals surface area contributed by atoms with Gasteiger partial charge in [0.05, 0.1) is 5.25 Å². The summed E-state index contributed by atoms with van der Waals surface area (Å²) >= 11 is 1.19. The summed E-state index contributed by atoms with van der Waals surface area (Å²) in [5.41, 5.74) is 6.86. The zero-order valence-corrected chi connectivity index (χ0v) is 13.1. The predicted octanol–water partition coefficient (Wildman–Crippen LogP) is 0.853. The minimum Gasteiger partial charge on any atom is -0.383 e. The molecule has 4 N–H and O–H groups in total. The van der Waals surface area contributed by atoms with Crippen LogP contribution in [0.5, 0.6) is 0 Å². The van der Waals surface area contributed by atoms with E-state index in [0.717, 1.165) is 5.56 Å². The quantitative estimate of drug-likeness (QED) is 0.556. The number of hydrogen-bond acceptors (Lipinski definition) is 6. The standard InChI is InChI=1S/C14H17N5O2S/c1-8-6-11(20)19-14(18-8)22-9(2)13(21)17-7-10-4-3-5-16-12(10)15/h3-6,9H,7H2,1-2H3,(H2,15,16)(H,17,21)(H,18,19,20). The number of rotatable bonds is 5. The van der Waals surface area contributed by atoms with Gasteiger partial charge in [-0.1, -0.05) is 17.8 Å². The predicted molar refractivity (Wildman–Crippen MR) is 85.4 cm³/mol. The number of thioether (sulfide) groups is 1. The van der Waals surface area contributed by atoms with Gasteiger partial charge in [0.1, 0.15) is 5.82 Å². The van der Waals surface area contributed by atoms with Crippen LogP contribution < -0.4 is 16.6 Å². The molecule has 116 valence electrons. The van der Waals surface area contributed by atoms with Gasteiger partial charge in [-0.15, -0.1) is 0 Å². The minimum absolute atomic E-state index is 0.169. The average molecular weight is 319 g/mol. The molecule has 8 heteroatoms. The molecule has 0 spiro atoms. The van der Waals surface area contributed by atoms with Gasteiger partial charge in [0.25, 0.3) is 5.56 Å². The highest BCUT2D eigenvalue weighted by atomic mass is 32.2. The first-order chi connectivity index (χ1) is 10.5. The van der Waals surface area contributed by atoms with Crippen molar-refractivity contribution >= 4 is 23.5 Å². The lowest BCUT2D eigenvalue weighted by Crippen LogP contribution is -2.31. The minimum atomic E-state index is -0.400. The Morgan fingerprint density at radius 2 is 2.32 bits per heavy atom. The number of pyridine rings is 1. The van der Waals surface area contributed by atoms with Crippen molar-refractivity contribution in [3.05, 3.63) is 46.0 Å². The second-order valence-corrected chi connectivity index (χ2v) is 6.05. The zero-order valence-electron chi connectivity index (χ0n) is 12.3. The first-order valence-electron chi connectivity index (χ1n) is 6.67. The summed E-state index contributed by atoms with van der Waals surface area (Å²) in [6.45, 7) is 3.78. The van der Waals surface area contributed by atoms with Crippen LogP contribution in [0.2, 0.25) is 0 Å². The Morgan fingerprint density at radius 3 is 3.00 bits per heavy atom. The Labute approximate surface area is 131 Å². The molecule has 0 bridgehead atoms. The summed E-state index contributed by atoms with van der Waals surface area (Å²) < 4.78 is 0. The fourth-order valence-electron chi connectivity index (χ4n) is 1.75. The number of nitrogens with one attached hydrogen (secondary N) is 2. The Bertz CT molecular complexity index is 731. The molecule has 2 rings (SSSR count). The largest absolute Gasteiger partial charge is 0.383 e. The second-order valence-electron chi connectivity index (χ2n) is 4.72. The highest BCUT2D eigenvalue weighted by Crippen LogP contribution is 2.18. The molecule has 0 aliphatic heterocycles. The van der Waals surface area contributed by atoms with Crippen LogP contribution >= 0.6 is 11.8 Å². The van der Waals surface area contributed by atoms with E-state index in [1.807, 2.05) is 0 Å². The van der Waals surface area contributed by atoms with Crippen molar-refractivity contribution in [2.24, 2.45) is 0 Å².